The predicted molar refractivity (Wildman–Crippen MR) is 65.1 cm³/mol. The minimum absolute atomic E-state index is 0.136. The van der Waals surface area contributed by atoms with E-state index in [1.54, 1.807) is 12.1 Å². The lowest BCUT2D eigenvalue weighted by Gasteiger charge is -2.30. The van der Waals surface area contributed by atoms with Gasteiger partial charge < -0.3 is 5.32 Å². The van der Waals surface area contributed by atoms with Crippen molar-refractivity contribution in [1.82, 2.24) is 5.32 Å². The van der Waals surface area contributed by atoms with Crippen LogP contribution in [0.5, 0.6) is 0 Å². The summed E-state index contributed by atoms with van der Waals surface area (Å²) in [5.41, 5.74) is 1.30. The first-order valence-corrected chi connectivity index (χ1v) is 6.28. The van der Waals surface area contributed by atoms with Gasteiger partial charge in [-0.2, -0.15) is 0 Å². The van der Waals surface area contributed by atoms with E-state index in [-0.39, 0.29) is 5.82 Å². The molecule has 88 valence electrons. The maximum Gasteiger partial charge on any atom is 0.123 e. The van der Waals surface area contributed by atoms with Gasteiger partial charge in [-0.15, -0.1) is 0 Å². The highest BCUT2D eigenvalue weighted by Gasteiger charge is 2.22. The van der Waals surface area contributed by atoms with Crippen LogP contribution >= 0.6 is 0 Å². The smallest absolute Gasteiger partial charge is 0.123 e. The summed E-state index contributed by atoms with van der Waals surface area (Å²) >= 11 is 0. The Labute approximate surface area is 97.1 Å². The van der Waals surface area contributed by atoms with Crippen molar-refractivity contribution in [2.24, 2.45) is 0 Å². The van der Waals surface area contributed by atoms with E-state index in [0.717, 1.165) is 6.54 Å². The van der Waals surface area contributed by atoms with Crippen molar-refractivity contribution in [3.05, 3.63) is 35.6 Å². The van der Waals surface area contributed by atoms with E-state index >= 15 is 0 Å². The third kappa shape index (κ3) is 2.82. The van der Waals surface area contributed by atoms with Crippen LogP contribution in [0.15, 0.2) is 24.3 Å². The van der Waals surface area contributed by atoms with Crippen LogP contribution < -0.4 is 5.32 Å². The van der Waals surface area contributed by atoms with E-state index in [0.29, 0.717) is 12.0 Å². The number of hydrogen-bond acceptors (Lipinski definition) is 1. The van der Waals surface area contributed by atoms with Crippen LogP contribution in [0.4, 0.5) is 4.39 Å². The fraction of sp³-hybridized carbons (Fsp3) is 0.571. The standard InChI is InChI=1S/C14H20FN/c1-2-16-14-5-3-4-12(10-14)11-6-8-13(15)9-7-11/h6-9,12,14,16H,2-5,10H2,1H3. The molecule has 2 rings (SSSR count). The van der Waals surface area contributed by atoms with Gasteiger partial charge in [0.1, 0.15) is 5.82 Å². The average molecular weight is 221 g/mol. The van der Waals surface area contributed by atoms with Crippen molar-refractivity contribution in [3.8, 4) is 0 Å². The van der Waals surface area contributed by atoms with Crippen molar-refractivity contribution in [2.45, 2.75) is 44.6 Å². The van der Waals surface area contributed by atoms with Gasteiger partial charge in [0, 0.05) is 6.04 Å². The molecular weight excluding hydrogens is 201 g/mol. The zero-order valence-electron chi connectivity index (χ0n) is 9.88. The van der Waals surface area contributed by atoms with Crippen LogP contribution in [0.2, 0.25) is 0 Å². The van der Waals surface area contributed by atoms with E-state index < -0.39 is 0 Å². The summed E-state index contributed by atoms with van der Waals surface area (Å²) in [6.45, 7) is 3.20. The lowest BCUT2D eigenvalue weighted by atomic mass is 9.81. The van der Waals surface area contributed by atoms with Crippen LogP contribution in [-0.2, 0) is 0 Å². The third-order valence-electron chi connectivity index (χ3n) is 3.51. The molecule has 1 aliphatic carbocycles. The second-order valence-corrected chi connectivity index (χ2v) is 4.67. The SMILES string of the molecule is CCNC1CCCC(c2ccc(F)cc2)C1. The molecule has 2 heteroatoms. The first-order valence-electron chi connectivity index (χ1n) is 6.28. The average Bonchev–Trinajstić information content (AvgIpc) is 2.31. The highest BCUT2D eigenvalue weighted by atomic mass is 19.1. The van der Waals surface area contributed by atoms with Gasteiger partial charge in [0.15, 0.2) is 0 Å². The monoisotopic (exact) mass is 221 g/mol. The second kappa shape index (κ2) is 5.44. The number of rotatable bonds is 3. The third-order valence-corrected chi connectivity index (χ3v) is 3.51. The summed E-state index contributed by atoms with van der Waals surface area (Å²) in [4.78, 5) is 0. The minimum atomic E-state index is -0.136. The molecule has 0 aromatic heterocycles. The van der Waals surface area contributed by atoms with Crippen molar-refractivity contribution in [1.29, 1.82) is 0 Å². The molecule has 0 bridgehead atoms. The number of benzene rings is 1. The maximum atomic E-state index is 12.8. The fourth-order valence-electron chi connectivity index (χ4n) is 2.70. The summed E-state index contributed by atoms with van der Waals surface area (Å²) in [6, 6.07) is 7.68. The van der Waals surface area contributed by atoms with Gasteiger partial charge in [0.25, 0.3) is 0 Å². The molecule has 1 fully saturated rings. The van der Waals surface area contributed by atoms with Gasteiger partial charge in [-0.05, 0) is 49.4 Å². The maximum absolute atomic E-state index is 12.8. The van der Waals surface area contributed by atoms with Crippen LogP contribution in [-0.4, -0.2) is 12.6 Å². The molecule has 1 aromatic carbocycles. The Morgan fingerprint density at radius 2 is 2.00 bits per heavy atom. The van der Waals surface area contributed by atoms with E-state index in [9.17, 15) is 4.39 Å². The van der Waals surface area contributed by atoms with E-state index in [1.165, 1.54) is 31.2 Å². The molecule has 1 aliphatic rings. The highest BCUT2D eigenvalue weighted by molar-refractivity contribution is 5.21. The molecule has 1 saturated carbocycles. The molecule has 1 nitrogen and oxygen atoms in total. The predicted octanol–water partition coefficient (Wildman–Crippen LogP) is 3.46. The lowest BCUT2D eigenvalue weighted by molar-refractivity contribution is 0.344. The van der Waals surface area contributed by atoms with Crippen LogP contribution in [0.3, 0.4) is 0 Å². The summed E-state index contributed by atoms with van der Waals surface area (Å²) in [5, 5.41) is 3.52. The summed E-state index contributed by atoms with van der Waals surface area (Å²) in [5.74, 6) is 0.473. The normalized spacial score (nSPS) is 25.6. The Kier molecular flexibility index (Phi) is 3.94. The van der Waals surface area contributed by atoms with E-state index in [1.807, 2.05) is 12.1 Å². The molecule has 1 N–H and O–H groups in total. The first kappa shape index (κ1) is 11.6. The van der Waals surface area contributed by atoms with Gasteiger partial charge in [-0.3, -0.25) is 0 Å². The Morgan fingerprint density at radius 1 is 1.25 bits per heavy atom. The second-order valence-electron chi connectivity index (χ2n) is 4.67. The van der Waals surface area contributed by atoms with Gasteiger partial charge in [0.2, 0.25) is 0 Å². The Balaban J connectivity index is 2.01. The lowest BCUT2D eigenvalue weighted by Crippen LogP contribution is -2.33. The van der Waals surface area contributed by atoms with Gasteiger partial charge >= 0.3 is 0 Å². The molecule has 0 heterocycles. The quantitative estimate of drug-likeness (QED) is 0.824. The van der Waals surface area contributed by atoms with Crippen LogP contribution in [0.1, 0.15) is 44.1 Å². The minimum Gasteiger partial charge on any atom is -0.314 e. The van der Waals surface area contributed by atoms with Gasteiger partial charge in [-0.1, -0.05) is 25.5 Å². The highest BCUT2D eigenvalue weighted by Crippen LogP contribution is 2.32. The number of hydrogen-bond donors (Lipinski definition) is 1. The summed E-state index contributed by atoms with van der Waals surface area (Å²) in [6.07, 6.45) is 5.00. The van der Waals surface area contributed by atoms with Gasteiger partial charge in [0.05, 0.1) is 0 Å². The molecule has 0 amide bonds. The van der Waals surface area contributed by atoms with Crippen LogP contribution in [0.25, 0.3) is 0 Å². The Hall–Kier alpha value is -0.890. The molecule has 1 aromatic rings. The molecule has 0 radical (unpaired) electrons. The van der Waals surface area contributed by atoms with Gasteiger partial charge in [-0.25, -0.2) is 4.39 Å². The zero-order valence-corrected chi connectivity index (χ0v) is 9.88. The molecule has 0 spiro atoms. The number of halogens is 1. The fourth-order valence-corrected chi connectivity index (χ4v) is 2.70. The molecule has 16 heavy (non-hydrogen) atoms. The summed E-state index contributed by atoms with van der Waals surface area (Å²) in [7, 11) is 0. The zero-order chi connectivity index (χ0) is 11.4. The van der Waals surface area contributed by atoms with Crippen molar-refractivity contribution in [2.75, 3.05) is 6.54 Å². The Bertz CT molecular complexity index is 318. The van der Waals surface area contributed by atoms with Crippen molar-refractivity contribution < 1.29 is 4.39 Å². The Morgan fingerprint density at radius 3 is 2.69 bits per heavy atom. The van der Waals surface area contributed by atoms with Crippen molar-refractivity contribution >= 4 is 0 Å². The van der Waals surface area contributed by atoms with Crippen LogP contribution in [0, 0.1) is 5.82 Å². The molecule has 0 saturated heterocycles. The topological polar surface area (TPSA) is 12.0 Å². The molecular formula is C14H20FN. The first-order chi connectivity index (χ1) is 7.79. The van der Waals surface area contributed by atoms with E-state index in [4.69, 9.17) is 0 Å². The summed E-state index contributed by atoms with van der Waals surface area (Å²) < 4.78 is 12.8. The van der Waals surface area contributed by atoms with E-state index in [2.05, 4.69) is 12.2 Å². The largest absolute Gasteiger partial charge is 0.314 e. The molecule has 2 atom stereocenters. The number of nitrogens with one attached hydrogen (secondary N) is 1. The molecule has 0 aliphatic heterocycles. The van der Waals surface area contributed by atoms with Crippen molar-refractivity contribution in [3.63, 3.8) is 0 Å². The molecule has 2 unspecified atom stereocenters.